The molecule has 5 nitrogen and oxygen atoms in total. The Morgan fingerprint density at radius 1 is 1.62 bits per heavy atom. The molecular formula is C11H16N2O3. The van der Waals surface area contributed by atoms with Crippen molar-refractivity contribution in [3.8, 4) is 12.3 Å². The maximum atomic E-state index is 11.7. The second-order valence-electron chi connectivity index (χ2n) is 3.96. The molecule has 0 aromatic carbocycles. The molecule has 2 amide bonds. The van der Waals surface area contributed by atoms with Gasteiger partial charge in [0.15, 0.2) is 0 Å². The monoisotopic (exact) mass is 224 g/mol. The number of urea groups is 1. The third kappa shape index (κ3) is 3.16. The lowest BCUT2D eigenvalue weighted by atomic mass is 9.99. The number of likely N-dealkylation sites (tertiary alicyclic amines) is 1. The van der Waals surface area contributed by atoms with Crippen LogP contribution in [0.3, 0.4) is 0 Å². The molecule has 1 unspecified atom stereocenters. The van der Waals surface area contributed by atoms with Gasteiger partial charge in [-0.25, -0.2) is 4.79 Å². The Hall–Kier alpha value is -1.70. The minimum absolute atomic E-state index is 0.262. The second-order valence-corrected chi connectivity index (χ2v) is 3.96. The quantitative estimate of drug-likeness (QED) is 0.672. The molecule has 0 aliphatic carbocycles. The highest BCUT2D eigenvalue weighted by Gasteiger charge is 2.28. The summed E-state index contributed by atoms with van der Waals surface area (Å²) in [6, 6.07) is -0.617. The van der Waals surface area contributed by atoms with Crippen LogP contribution in [-0.4, -0.2) is 41.1 Å². The lowest BCUT2D eigenvalue weighted by Crippen LogP contribution is -2.48. The zero-order valence-electron chi connectivity index (χ0n) is 9.27. The zero-order valence-corrected chi connectivity index (χ0v) is 9.27. The number of nitrogens with one attached hydrogen (secondary N) is 1. The van der Waals surface area contributed by atoms with Gasteiger partial charge in [-0.3, -0.25) is 4.79 Å². The Balaban J connectivity index is 2.51. The number of carbonyl (C=O) groups excluding carboxylic acids is 1. The van der Waals surface area contributed by atoms with Crippen LogP contribution in [0.2, 0.25) is 0 Å². The van der Waals surface area contributed by atoms with Crippen molar-refractivity contribution < 1.29 is 14.7 Å². The van der Waals surface area contributed by atoms with E-state index in [-0.39, 0.29) is 18.6 Å². The molecule has 1 rings (SSSR count). The third-order valence-corrected chi connectivity index (χ3v) is 2.65. The van der Waals surface area contributed by atoms with Crippen molar-refractivity contribution in [2.24, 2.45) is 5.92 Å². The molecule has 1 saturated heterocycles. The van der Waals surface area contributed by atoms with Crippen molar-refractivity contribution >= 4 is 12.0 Å². The van der Waals surface area contributed by atoms with Crippen LogP contribution in [0.1, 0.15) is 19.8 Å². The van der Waals surface area contributed by atoms with E-state index in [1.165, 1.54) is 4.90 Å². The highest BCUT2D eigenvalue weighted by molar-refractivity contribution is 5.77. The predicted molar refractivity (Wildman–Crippen MR) is 58.8 cm³/mol. The summed E-state index contributed by atoms with van der Waals surface area (Å²) in [6.45, 7) is 2.56. The van der Waals surface area contributed by atoms with Gasteiger partial charge in [-0.15, -0.1) is 6.42 Å². The molecule has 0 aromatic rings. The van der Waals surface area contributed by atoms with Crippen LogP contribution in [0.25, 0.3) is 0 Å². The Bertz CT molecular complexity index is 322. The van der Waals surface area contributed by atoms with Gasteiger partial charge < -0.3 is 15.3 Å². The number of hydrogen-bond acceptors (Lipinski definition) is 2. The number of piperidine rings is 1. The lowest BCUT2D eigenvalue weighted by Gasteiger charge is -2.31. The SMILES string of the molecule is C#CC(C)NC(=O)N1CCC[C@@H](C(=O)O)C1. The number of hydrogen-bond donors (Lipinski definition) is 2. The molecule has 1 aliphatic rings. The molecule has 0 spiro atoms. The maximum Gasteiger partial charge on any atom is 0.318 e. The van der Waals surface area contributed by atoms with Crippen LogP contribution < -0.4 is 5.32 Å². The van der Waals surface area contributed by atoms with Crippen LogP contribution in [0.15, 0.2) is 0 Å². The van der Waals surface area contributed by atoms with Crippen molar-refractivity contribution in [3.05, 3.63) is 0 Å². The van der Waals surface area contributed by atoms with Gasteiger partial charge in [0.1, 0.15) is 0 Å². The molecule has 1 fully saturated rings. The zero-order chi connectivity index (χ0) is 12.1. The largest absolute Gasteiger partial charge is 0.481 e. The number of carboxylic acids is 1. The van der Waals surface area contributed by atoms with Gasteiger partial charge in [0.25, 0.3) is 0 Å². The Labute approximate surface area is 94.8 Å². The molecular weight excluding hydrogens is 208 g/mol. The third-order valence-electron chi connectivity index (χ3n) is 2.65. The molecule has 1 heterocycles. The molecule has 88 valence electrons. The second kappa shape index (κ2) is 5.40. The van der Waals surface area contributed by atoms with Crippen molar-refractivity contribution in [3.63, 3.8) is 0 Å². The fraction of sp³-hybridized carbons (Fsp3) is 0.636. The van der Waals surface area contributed by atoms with Gasteiger partial charge in [0, 0.05) is 13.1 Å². The number of amides is 2. The standard InChI is InChI=1S/C11H16N2O3/c1-3-8(2)12-11(16)13-6-4-5-9(7-13)10(14)15/h1,8-9H,4-7H2,2H3,(H,12,16)(H,14,15)/t8?,9-/m1/s1. The minimum atomic E-state index is -0.845. The Morgan fingerprint density at radius 2 is 2.31 bits per heavy atom. The maximum absolute atomic E-state index is 11.7. The Kier molecular flexibility index (Phi) is 4.18. The average molecular weight is 224 g/mol. The number of terminal acetylenes is 1. The lowest BCUT2D eigenvalue weighted by molar-refractivity contribution is -0.143. The highest BCUT2D eigenvalue weighted by atomic mass is 16.4. The van der Waals surface area contributed by atoms with E-state index in [4.69, 9.17) is 11.5 Å². The minimum Gasteiger partial charge on any atom is -0.481 e. The molecule has 0 aromatic heterocycles. The summed E-state index contributed by atoms with van der Waals surface area (Å²) in [6.07, 6.45) is 6.49. The number of carboxylic acid groups (broad SMARTS) is 1. The van der Waals surface area contributed by atoms with E-state index in [1.807, 2.05) is 0 Å². The summed E-state index contributed by atoms with van der Waals surface area (Å²) >= 11 is 0. The number of nitrogens with zero attached hydrogens (tertiary/aromatic N) is 1. The summed E-state index contributed by atoms with van der Waals surface area (Å²) in [7, 11) is 0. The average Bonchev–Trinajstić information content (AvgIpc) is 2.28. The van der Waals surface area contributed by atoms with Crippen molar-refractivity contribution in [1.82, 2.24) is 10.2 Å². The van der Waals surface area contributed by atoms with Crippen molar-refractivity contribution in [1.29, 1.82) is 0 Å². The van der Waals surface area contributed by atoms with Gasteiger partial charge in [0.2, 0.25) is 0 Å². The first-order valence-corrected chi connectivity index (χ1v) is 5.29. The van der Waals surface area contributed by atoms with Gasteiger partial charge in [-0.05, 0) is 19.8 Å². The van der Waals surface area contributed by atoms with Gasteiger partial charge in [-0.1, -0.05) is 5.92 Å². The summed E-state index contributed by atoms with van der Waals surface area (Å²) in [5.74, 6) is 1.09. The molecule has 16 heavy (non-hydrogen) atoms. The van der Waals surface area contributed by atoms with E-state index in [0.29, 0.717) is 13.0 Å². The van der Waals surface area contributed by atoms with Crippen LogP contribution in [0, 0.1) is 18.3 Å². The highest BCUT2D eigenvalue weighted by Crippen LogP contribution is 2.16. The smallest absolute Gasteiger partial charge is 0.318 e. The normalized spacial score (nSPS) is 22.0. The first-order chi connectivity index (χ1) is 7.54. The number of rotatable bonds is 2. The van der Waals surface area contributed by atoms with Crippen LogP contribution >= 0.6 is 0 Å². The van der Waals surface area contributed by atoms with Crippen molar-refractivity contribution in [2.45, 2.75) is 25.8 Å². The topological polar surface area (TPSA) is 69.6 Å². The summed E-state index contributed by atoms with van der Waals surface area (Å²) in [4.78, 5) is 24.0. The van der Waals surface area contributed by atoms with Gasteiger partial charge in [-0.2, -0.15) is 0 Å². The van der Waals surface area contributed by atoms with Gasteiger partial charge in [0.05, 0.1) is 12.0 Å². The van der Waals surface area contributed by atoms with E-state index in [1.54, 1.807) is 6.92 Å². The van der Waals surface area contributed by atoms with Crippen LogP contribution in [-0.2, 0) is 4.79 Å². The summed E-state index contributed by atoms with van der Waals surface area (Å²) in [5.41, 5.74) is 0. The van der Waals surface area contributed by atoms with Crippen molar-refractivity contribution in [2.75, 3.05) is 13.1 Å². The number of carbonyl (C=O) groups is 2. The molecule has 0 radical (unpaired) electrons. The fourth-order valence-corrected chi connectivity index (χ4v) is 1.68. The van der Waals surface area contributed by atoms with E-state index >= 15 is 0 Å². The summed E-state index contributed by atoms with van der Waals surface area (Å²) in [5, 5.41) is 11.5. The van der Waals surface area contributed by atoms with Gasteiger partial charge >= 0.3 is 12.0 Å². The predicted octanol–water partition coefficient (Wildman–Crippen LogP) is 0.514. The molecule has 5 heteroatoms. The first kappa shape index (κ1) is 12.4. The van der Waals surface area contributed by atoms with E-state index < -0.39 is 11.9 Å². The summed E-state index contributed by atoms with van der Waals surface area (Å²) < 4.78 is 0. The molecule has 0 bridgehead atoms. The van der Waals surface area contributed by atoms with E-state index in [0.717, 1.165) is 6.42 Å². The van der Waals surface area contributed by atoms with E-state index in [2.05, 4.69) is 11.2 Å². The fourth-order valence-electron chi connectivity index (χ4n) is 1.68. The molecule has 2 N–H and O–H groups in total. The van der Waals surface area contributed by atoms with Crippen LogP contribution in [0.5, 0.6) is 0 Å². The van der Waals surface area contributed by atoms with E-state index in [9.17, 15) is 9.59 Å². The Morgan fingerprint density at radius 3 is 2.88 bits per heavy atom. The first-order valence-electron chi connectivity index (χ1n) is 5.29. The molecule has 1 aliphatic heterocycles. The number of aliphatic carboxylic acids is 1. The van der Waals surface area contributed by atoms with Crippen LogP contribution in [0.4, 0.5) is 4.79 Å². The molecule has 0 saturated carbocycles. The molecule has 2 atom stereocenters.